The van der Waals surface area contributed by atoms with Gasteiger partial charge < -0.3 is 4.98 Å². The Bertz CT molecular complexity index is 346. The number of rotatable bonds is 2. The molecule has 0 amide bonds. The SMILES string of the molecule is O=Cc1cc(C(F)F)[nH]c(=O)c1. The Hall–Kier alpha value is -1.52. The molecule has 1 N–H and O–H groups in total. The van der Waals surface area contributed by atoms with E-state index in [-0.39, 0.29) is 5.56 Å². The molecule has 3 nitrogen and oxygen atoms in total. The van der Waals surface area contributed by atoms with Gasteiger partial charge in [0.15, 0.2) is 0 Å². The van der Waals surface area contributed by atoms with E-state index in [1.807, 2.05) is 4.98 Å². The minimum absolute atomic E-state index is 0.0472. The summed E-state index contributed by atoms with van der Waals surface area (Å²) in [6, 6.07) is 1.90. The summed E-state index contributed by atoms with van der Waals surface area (Å²) in [5, 5.41) is 0. The molecule has 64 valence electrons. The van der Waals surface area contributed by atoms with E-state index in [0.717, 1.165) is 12.1 Å². The number of carbonyl (C=O) groups is 1. The lowest BCUT2D eigenvalue weighted by atomic mass is 10.2. The van der Waals surface area contributed by atoms with E-state index in [1.165, 1.54) is 0 Å². The summed E-state index contributed by atoms with van der Waals surface area (Å²) in [6.07, 6.45) is -2.42. The molecule has 5 heteroatoms. The molecule has 0 atom stereocenters. The quantitative estimate of drug-likeness (QED) is 0.681. The van der Waals surface area contributed by atoms with Crippen LogP contribution >= 0.6 is 0 Å². The van der Waals surface area contributed by atoms with Crippen molar-refractivity contribution in [3.8, 4) is 0 Å². The molecule has 0 unspecified atom stereocenters. The first kappa shape index (κ1) is 8.58. The van der Waals surface area contributed by atoms with Crippen molar-refractivity contribution in [2.45, 2.75) is 6.43 Å². The van der Waals surface area contributed by atoms with Crippen LogP contribution in [-0.4, -0.2) is 11.3 Å². The standard InChI is InChI=1S/C7H5F2NO2/c8-7(9)5-1-4(3-11)2-6(12)10-5/h1-3,7H,(H,10,12). The lowest BCUT2D eigenvalue weighted by Gasteiger charge is -1.98. The minimum atomic E-state index is -2.77. The van der Waals surface area contributed by atoms with Gasteiger partial charge in [-0.15, -0.1) is 0 Å². The number of hydrogen-bond donors (Lipinski definition) is 1. The average Bonchev–Trinajstić information content (AvgIpc) is 2.03. The van der Waals surface area contributed by atoms with Crippen LogP contribution in [0.3, 0.4) is 0 Å². The van der Waals surface area contributed by atoms with Crippen molar-refractivity contribution in [2.75, 3.05) is 0 Å². The van der Waals surface area contributed by atoms with Crippen molar-refractivity contribution in [1.29, 1.82) is 0 Å². The first-order chi connectivity index (χ1) is 5.63. The second kappa shape index (κ2) is 3.25. The summed E-state index contributed by atoms with van der Waals surface area (Å²) in [7, 11) is 0. The molecule has 1 heterocycles. The van der Waals surface area contributed by atoms with Crippen LogP contribution in [0.15, 0.2) is 16.9 Å². The van der Waals surface area contributed by atoms with Crippen molar-refractivity contribution in [3.63, 3.8) is 0 Å². The Balaban J connectivity index is 3.24. The van der Waals surface area contributed by atoms with E-state index in [9.17, 15) is 18.4 Å². The molecule has 0 fully saturated rings. The molecule has 1 aromatic rings. The molecule has 0 aliphatic rings. The van der Waals surface area contributed by atoms with Crippen molar-refractivity contribution in [1.82, 2.24) is 4.98 Å². The summed E-state index contributed by atoms with van der Waals surface area (Å²) in [5.74, 6) is 0. The third-order valence-corrected chi connectivity index (χ3v) is 1.26. The van der Waals surface area contributed by atoms with Gasteiger partial charge in [-0.05, 0) is 6.07 Å². The zero-order valence-electron chi connectivity index (χ0n) is 5.88. The van der Waals surface area contributed by atoms with Gasteiger partial charge in [-0.3, -0.25) is 9.59 Å². The van der Waals surface area contributed by atoms with Crippen LogP contribution in [0.5, 0.6) is 0 Å². The number of carbonyl (C=O) groups excluding carboxylic acids is 1. The van der Waals surface area contributed by atoms with E-state index < -0.39 is 17.7 Å². The molecule has 12 heavy (non-hydrogen) atoms. The number of hydrogen-bond acceptors (Lipinski definition) is 2. The van der Waals surface area contributed by atoms with Crippen LogP contribution in [0.1, 0.15) is 22.5 Å². The van der Waals surface area contributed by atoms with Crippen LogP contribution in [0.4, 0.5) is 8.78 Å². The van der Waals surface area contributed by atoms with Crippen LogP contribution in [-0.2, 0) is 0 Å². The minimum Gasteiger partial charge on any atom is -0.321 e. The number of aromatic amines is 1. The number of aldehydes is 1. The zero-order chi connectivity index (χ0) is 9.14. The maximum absolute atomic E-state index is 12.0. The fraction of sp³-hybridized carbons (Fsp3) is 0.143. The molecular formula is C7H5F2NO2. The highest BCUT2D eigenvalue weighted by Gasteiger charge is 2.08. The van der Waals surface area contributed by atoms with Gasteiger partial charge in [0.2, 0.25) is 5.56 Å². The van der Waals surface area contributed by atoms with Gasteiger partial charge in [0, 0.05) is 11.6 Å². The van der Waals surface area contributed by atoms with Gasteiger partial charge in [-0.2, -0.15) is 0 Å². The average molecular weight is 173 g/mol. The highest BCUT2D eigenvalue weighted by Crippen LogP contribution is 2.14. The van der Waals surface area contributed by atoms with Gasteiger partial charge in [0.1, 0.15) is 6.29 Å². The predicted molar refractivity (Wildman–Crippen MR) is 37.4 cm³/mol. The maximum atomic E-state index is 12.0. The first-order valence-corrected chi connectivity index (χ1v) is 3.11. The Morgan fingerprint density at radius 2 is 2.08 bits per heavy atom. The second-order valence-electron chi connectivity index (χ2n) is 2.15. The van der Waals surface area contributed by atoms with E-state index in [2.05, 4.69) is 0 Å². The number of nitrogens with one attached hydrogen (secondary N) is 1. The first-order valence-electron chi connectivity index (χ1n) is 3.11. The van der Waals surface area contributed by atoms with Gasteiger partial charge in [-0.25, -0.2) is 8.78 Å². The predicted octanol–water partition coefficient (Wildman–Crippen LogP) is 1.12. The monoisotopic (exact) mass is 173 g/mol. The lowest BCUT2D eigenvalue weighted by molar-refractivity contribution is 0.112. The molecule has 0 aromatic carbocycles. The summed E-state index contributed by atoms with van der Waals surface area (Å²) >= 11 is 0. The molecule has 0 radical (unpaired) electrons. The van der Waals surface area contributed by atoms with E-state index in [0.29, 0.717) is 6.29 Å². The van der Waals surface area contributed by atoms with Crippen LogP contribution < -0.4 is 5.56 Å². The Morgan fingerprint density at radius 3 is 2.58 bits per heavy atom. The van der Waals surface area contributed by atoms with Crippen LogP contribution in [0.25, 0.3) is 0 Å². The largest absolute Gasteiger partial charge is 0.321 e. The van der Waals surface area contributed by atoms with Crippen molar-refractivity contribution < 1.29 is 13.6 Å². The van der Waals surface area contributed by atoms with Crippen LogP contribution in [0.2, 0.25) is 0 Å². The Labute approximate surface area is 66.0 Å². The molecule has 1 rings (SSSR count). The molecule has 0 saturated carbocycles. The van der Waals surface area contributed by atoms with E-state index in [1.54, 1.807) is 0 Å². The number of alkyl halides is 2. The highest BCUT2D eigenvalue weighted by atomic mass is 19.3. The normalized spacial score (nSPS) is 10.2. The summed E-state index contributed by atoms with van der Waals surface area (Å²) < 4.78 is 24.0. The van der Waals surface area contributed by atoms with Gasteiger partial charge in [-0.1, -0.05) is 0 Å². The number of aromatic nitrogens is 1. The highest BCUT2D eigenvalue weighted by molar-refractivity contribution is 5.74. The Morgan fingerprint density at radius 1 is 1.42 bits per heavy atom. The van der Waals surface area contributed by atoms with E-state index >= 15 is 0 Å². The van der Waals surface area contributed by atoms with Crippen molar-refractivity contribution in [3.05, 3.63) is 33.7 Å². The molecule has 0 bridgehead atoms. The van der Waals surface area contributed by atoms with Gasteiger partial charge >= 0.3 is 0 Å². The number of halogens is 2. The molecule has 0 aliphatic heterocycles. The fourth-order valence-corrected chi connectivity index (χ4v) is 0.773. The van der Waals surface area contributed by atoms with Crippen molar-refractivity contribution >= 4 is 6.29 Å². The number of H-pyrrole nitrogens is 1. The third-order valence-electron chi connectivity index (χ3n) is 1.26. The summed E-state index contributed by atoms with van der Waals surface area (Å²) in [4.78, 5) is 22.7. The van der Waals surface area contributed by atoms with Gasteiger partial charge in [0.05, 0.1) is 5.69 Å². The molecule has 0 aliphatic carbocycles. The zero-order valence-corrected chi connectivity index (χ0v) is 5.88. The smallest absolute Gasteiger partial charge is 0.278 e. The van der Waals surface area contributed by atoms with Gasteiger partial charge in [0.25, 0.3) is 6.43 Å². The molecule has 0 saturated heterocycles. The lowest BCUT2D eigenvalue weighted by Crippen LogP contribution is -2.09. The molecule has 0 spiro atoms. The fourth-order valence-electron chi connectivity index (χ4n) is 0.773. The topological polar surface area (TPSA) is 49.9 Å². The third kappa shape index (κ3) is 1.75. The second-order valence-corrected chi connectivity index (χ2v) is 2.15. The molecular weight excluding hydrogens is 168 g/mol. The Kier molecular flexibility index (Phi) is 2.32. The van der Waals surface area contributed by atoms with E-state index in [4.69, 9.17) is 0 Å². The summed E-state index contributed by atoms with van der Waals surface area (Å²) in [5.41, 5.74) is -1.28. The molecule has 1 aromatic heterocycles. The maximum Gasteiger partial charge on any atom is 0.278 e. The summed E-state index contributed by atoms with van der Waals surface area (Å²) in [6.45, 7) is 0. The van der Waals surface area contributed by atoms with Crippen LogP contribution in [0, 0.1) is 0 Å². The number of pyridine rings is 1. The van der Waals surface area contributed by atoms with Crippen molar-refractivity contribution in [2.24, 2.45) is 0 Å².